The number of nitrogen functional groups attached to an aromatic ring is 1. The van der Waals surface area contributed by atoms with Gasteiger partial charge in [0.1, 0.15) is 12.7 Å². The summed E-state index contributed by atoms with van der Waals surface area (Å²) in [5, 5.41) is 4.08. The molecule has 0 unspecified atom stereocenters. The van der Waals surface area contributed by atoms with E-state index in [1.54, 1.807) is 11.0 Å². The minimum absolute atomic E-state index is 0.761. The van der Waals surface area contributed by atoms with Crippen LogP contribution in [0.25, 0.3) is 11.4 Å². The van der Waals surface area contributed by atoms with Crippen LogP contribution < -0.4 is 5.73 Å². The first-order valence-corrected chi connectivity index (χ1v) is 5.22. The van der Waals surface area contributed by atoms with Crippen LogP contribution in [-0.2, 0) is 0 Å². The van der Waals surface area contributed by atoms with Gasteiger partial charge < -0.3 is 10.3 Å². The Kier molecular flexibility index (Phi) is 2.15. The highest BCUT2D eigenvalue weighted by Gasteiger charge is 2.01. The van der Waals surface area contributed by atoms with Crippen LogP contribution in [0.5, 0.6) is 0 Å². The third-order valence-electron chi connectivity index (χ3n) is 2.55. The van der Waals surface area contributed by atoms with Crippen molar-refractivity contribution in [3.05, 3.63) is 55.4 Å². The van der Waals surface area contributed by atoms with E-state index in [-0.39, 0.29) is 0 Å². The highest BCUT2D eigenvalue weighted by atomic mass is 15.3. The van der Waals surface area contributed by atoms with Gasteiger partial charge in [-0.05, 0) is 30.3 Å². The van der Waals surface area contributed by atoms with Gasteiger partial charge >= 0.3 is 0 Å². The van der Waals surface area contributed by atoms with E-state index in [9.17, 15) is 0 Å². The second kappa shape index (κ2) is 3.79. The lowest BCUT2D eigenvalue weighted by atomic mass is 10.3. The first-order valence-electron chi connectivity index (χ1n) is 5.22. The Morgan fingerprint density at radius 1 is 1.00 bits per heavy atom. The smallest absolute Gasteiger partial charge is 0.138 e. The Hall–Kier alpha value is -2.56. The molecule has 0 atom stereocenters. The Balaban J connectivity index is 1.98. The van der Waals surface area contributed by atoms with Crippen LogP contribution in [0.3, 0.4) is 0 Å². The molecule has 2 aromatic heterocycles. The van der Waals surface area contributed by atoms with Crippen LogP contribution >= 0.6 is 0 Å². The molecule has 0 saturated carbocycles. The monoisotopic (exact) mass is 225 g/mol. The zero-order valence-electron chi connectivity index (χ0n) is 9.06. The lowest BCUT2D eigenvalue weighted by molar-refractivity contribution is 0.876. The molecule has 2 heterocycles. The predicted molar refractivity (Wildman–Crippen MR) is 65.1 cm³/mol. The molecule has 0 bridgehead atoms. The van der Waals surface area contributed by atoms with Gasteiger partial charge in [0.15, 0.2) is 0 Å². The predicted octanol–water partition coefficient (Wildman–Crippen LogP) is 1.64. The molecule has 5 heteroatoms. The SMILES string of the molecule is Nc1ccc(-n2ccc(-n3cncn3)c2)cc1. The minimum atomic E-state index is 0.761. The fourth-order valence-corrected chi connectivity index (χ4v) is 1.67. The molecular formula is C12H11N5. The summed E-state index contributed by atoms with van der Waals surface area (Å²) >= 11 is 0. The van der Waals surface area contributed by atoms with Crippen molar-refractivity contribution in [1.82, 2.24) is 19.3 Å². The van der Waals surface area contributed by atoms with Crippen LogP contribution in [0.4, 0.5) is 5.69 Å². The van der Waals surface area contributed by atoms with Crippen molar-refractivity contribution in [2.75, 3.05) is 5.73 Å². The van der Waals surface area contributed by atoms with Crippen LogP contribution in [-0.4, -0.2) is 19.3 Å². The van der Waals surface area contributed by atoms with Gasteiger partial charge in [0, 0.05) is 23.8 Å². The van der Waals surface area contributed by atoms with Crippen LogP contribution in [0.2, 0.25) is 0 Å². The summed E-state index contributed by atoms with van der Waals surface area (Å²) in [6.07, 6.45) is 7.14. The highest BCUT2D eigenvalue weighted by Crippen LogP contribution is 2.14. The number of rotatable bonds is 2. The Labute approximate surface area is 98.1 Å². The number of benzene rings is 1. The summed E-state index contributed by atoms with van der Waals surface area (Å²) in [5.74, 6) is 0. The van der Waals surface area contributed by atoms with Crippen molar-refractivity contribution in [2.24, 2.45) is 0 Å². The molecule has 3 rings (SSSR count). The number of hydrogen-bond donors (Lipinski definition) is 1. The lowest BCUT2D eigenvalue weighted by Crippen LogP contribution is -1.93. The molecule has 2 N–H and O–H groups in total. The quantitative estimate of drug-likeness (QED) is 0.674. The standard InChI is InChI=1S/C12H11N5/c13-10-1-3-11(4-2-10)16-6-5-12(7-16)17-9-14-8-15-17/h1-9H,13H2. The maximum Gasteiger partial charge on any atom is 0.138 e. The largest absolute Gasteiger partial charge is 0.399 e. The van der Waals surface area contributed by atoms with E-state index < -0.39 is 0 Å². The number of anilines is 1. The maximum absolute atomic E-state index is 5.66. The Morgan fingerprint density at radius 3 is 2.53 bits per heavy atom. The summed E-state index contributed by atoms with van der Waals surface area (Å²) in [6.45, 7) is 0. The fourth-order valence-electron chi connectivity index (χ4n) is 1.67. The molecule has 0 fully saturated rings. The zero-order chi connectivity index (χ0) is 11.7. The number of nitrogens with two attached hydrogens (primary N) is 1. The molecule has 0 spiro atoms. The molecule has 0 aliphatic heterocycles. The van der Waals surface area contributed by atoms with Gasteiger partial charge in [0.2, 0.25) is 0 Å². The third-order valence-corrected chi connectivity index (χ3v) is 2.55. The van der Waals surface area contributed by atoms with Gasteiger partial charge in [-0.2, -0.15) is 5.10 Å². The van der Waals surface area contributed by atoms with E-state index in [1.165, 1.54) is 6.33 Å². The Bertz CT molecular complexity index is 607. The summed E-state index contributed by atoms with van der Waals surface area (Å²) in [5.41, 5.74) is 8.45. The van der Waals surface area contributed by atoms with Gasteiger partial charge in [0.05, 0.1) is 5.69 Å². The number of nitrogens with zero attached hydrogens (tertiary/aromatic N) is 4. The number of hydrogen-bond acceptors (Lipinski definition) is 3. The zero-order valence-corrected chi connectivity index (χ0v) is 9.06. The average molecular weight is 225 g/mol. The molecule has 0 saturated heterocycles. The first-order chi connectivity index (χ1) is 8.33. The molecule has 0 aliphatic rings. The molecule has 0 radical (unpaired) electrons. The molecule has 5 nitrogen and oxygen atoms in total. The summed E-state index contributed by atoms with van der Waals surface area (Å²) in [6, 6.07) is 9.68. The van der Waals surface area contributed by atoms with Crippen LogP contribution in [0, 0.1) is 0 Å². The van der Waals surface area contributed by atoms with Gasteiger partial charge in [0.25, 0.3) is 0 Å². The second-order valence-electron chi connectivity index (χ2n) is 3.71. The van der Waals surface area contributed by atoms with E-state index in [0.717, 1.165) is 17.1 Å². The summed E-state index contributed by atoms with van der Waals surface area (Å²) in [7, 11) is 0. The molecule has 0 aliphatic carbocycles. The van der Waals surface area contributed by atoms with Crippen molar-refractivity contribution in [1.29, 1.82) is 0 Å². The average Bonchev–Trinajstić information content (AvgIpc) is 3.00. The van der Waals surface area contributed by atoms with E-state index >= 15 is 0 Å². The molecular weight excluding hydrogens is 214 g/mol. The third kappa shape index (κ3) is 1.78. The van der Waals surface area contributed by atoms with Crippen molar-refractivity contribution < 1.29 is 0 Å². The van der Waals surface area contributed by atoms with Crippen LogP contribution in [0.1, 0.15) is 0 Å². The molecule has 0 amide bonds. The topological polar surface area (TPSA) is 61.7 Å². The normalized spacial score (nSPS) is 10.6. The van der Waals surface area contributed by atoms with E-state index in [0.29, 0.717) is 0 Å². The fraction of sp³-hybridized carbons (Fsp3) is 0. The van der Waals surface area contributed by atoms with Crippen molar-refractivity contribution >= 4 is 5.69 Å². The second-order valence-corrected chi connectivity index (χ2v) is 3.71. The maximum atomic E-state index is 5.66. The highest BCUT2D eigenvalue weighted by molar-refractivity contribution is 5.46. The van der Waals surface area contributed by atoms with Gasteiger partial charge in [-0.15, -0.1) is 0 Å². The number of aromatic nitrogens is 4. The van der Waals surface area contributed by atoms with Crippen molar-refractivity contribution in [3.63, 3.8) is 0 Å². The van der Waals surface area contributed by atoms with Crippen molar-refractivity contribution in [2.45, 2.75) is 0 Å². The van der Waals surface area contributed by atoms with Gasteiger partial charge in [-0.25, -0.2) is 9.67 Å². The summed E-state index contributed by atoms with van der Waals surface area (Å²) < 4.78 is 3.73. The van der Waals surface area contributed by atoms with Gasteiger partial charge in [-0.3, -0.25) is 0 Å². The molecule has 1 aromatic carbocycles. The molecule has 3 aromatic rings. The summed E-state index contributed by atoms with van der Waals surface area (Å²) in [4.78, 5) is 3.92. The van der Waals surface area contributed by atoms with Crippen molar-refractivity contribution in [3.8, 4) is 11.4 Å². The lowest BCUT2D eigenvalue weighted by Gasteiger charge is -2.02. The minimum Gasteiger partial charge on any atom is -0.399 e. The molecule has 84 valence electrons. The van der Waals surface area contributed by atoms with E-state index in [4.69, 9.17) is 5.73 Å². The first kappa shape index (κ1) is 9.65. The van der Waals surface area contributed by atoms with E-state index in [2.05, 4.69) is 10.1 Å². The molecule has 17 heavy (non-hydrogen) atoms. The Morgan fingerprint density at radius 2 is 1.82 bits per heavy atom. The van der Waals surface area contributed by atoms with Gasteiger partial charge in [-0.1, -0.05) is 0 Å². The van der Waals surface area contributed by atoms with E-state index in [1.807, 2.05) is 47.3 Å². The van der Waals surface area contributed by atoms with Crippen LogP contribution in [0.15, 0.2) is 55.4 Å².